The molecule has 136 valence electrons. The SMILES string of the molecule is Nc1ncnc2c1c(-c1ccc3[nH]ccc3c1)nn2C1Cc2ccccc2C1. The number of anilines is 1. The van der Waals surface area contributed by atoms with Crippen LogP contribution in [0.2, 0.25) is 0 Å². The molecule has 6 heteroatoms. The molecule has 0 amide bonds. The van der Waals surface area contributed by atoms with Gasteiger partial charge in [-0.2, -0.15) is 5.10 Å². The lowest BCUT2D eigenvalue weighted by atomic mass is 10.1. The second-order valence-electron chi connectivity index (χ2n) is 7.36. The highest BCUT2D eigenvalue weighted by molar-refractivity contribution is 6.00. The summed E-state index contributed by atoms with van der Waals surface area (Å²) in [5, 5.41) is 6.97. The van der Waals surface area contributed by atoms with Crippen LogP contribution in [0.3, 0.4) is 0 Å². The Morgan fingerprint density at radius 2 is 1.82 bits per heavy atom. The van der Waals surface area contributed by atoms with Crippen LogP contribution in [0, 0.1) is 0 Å². The number of rotatable bonds is 2. The second kappa shape index (κ2) is 5.66. The van der Waals surface area contributed by atoms with Gasteiger partial charge >= 0.3 is 0 Å². The topological polar surface area (TPSA) is 85.4 Å². The molecule has 0 spiro atoms. The van der Waals surface area contributed by atoms with Crippen LogP contribution < -0.4 is 5.73 Å². The molecule has 0 atom stereocenters. The van der Waals surface area contributed by atoms with Crippen molar-refractivity contribution in [2.45, 2.75) is 18.9 Å². The van der Waals surface area contributed by atoms with E-state index in [2.05, 4.69) is 63.5 Å². The first-order valence-corrected chi connectivity index (χ1v) is 9.41. The van der Waals surface area contributed by atoms with Crippen LogP contribution >= 0.6 is 0 Å². The van der Waals surface area contributed by atoms with Crippen molar-refractivity contribution in [3.8, 4) is 11.3 Å². The molecule has 1 aliphatic carbocycles. The number of H-pyrrole nitrogens is 1. The van der Waals surface area contributed by atoms with Gasteiger partial charge in [0.25, 0.3) is 0 Å². The van der Waals surface area contributed by atoms with Gasteiger partial charge in [0.05, 0.1) is 11.4 Å². The Hall–Kier alpha value is -3.67. The molecule has 3 aromatic heterocycles. The Balaban J connectivity index is 1.55. The van der Waals surface area contributed by atoms with Gasteiger partial charge in [-0.3, -0.25) is 0 Å². The molecule has 3 N–H and O–H groups in total. The molecule has 5 aromatic rings. The van der Waals surface area contributed by atoms with Crippen LogP contribution in [0.25, 0.3) is 33.2 Å². The van der Waals surface area contributed by atoms with Gasteiger partial charge < -0.3 is 10.7 Å². The van der Waals surface area contributed by atoms with Crippen molar-refractivity contribution in [1.82, 2.24) is 24.7 Å². The van der Waals surface area contributed by atoms with Crippen LogP contribution in [0.15, 0.2) is 61.1 Å². The number of fused-ring (bicyclic) bond motifs is 3. The number of nitrogen functional groups attached to an aromatic ring is 1. The lowest BCUT2D eigenvalue weighted by molar-refractivity contribution is 0.488. The molecule has 2 aromatic carbocycles. The van der Waals surface area contributed by atoms with Crippen molar-refractivity contribution in [3.05, 3.63) is 72.2 Å². The maximum absolute atomic E-state index is 6.27. The fourth-order valence-electron chi connectivity index (χ4n) is 4.36. The predicted molar refractivity (Wildman–Crippen MR) is 110 cm³/mol. The van der Waals surface area contributed by atoms with Gasteiger partial charge in [-0.05, 0) is 42.2 Å². The van der Waals surface area contributed by atoms with E-state index in [1.165, 1.54) is 17.5 Å². The van der Waals surface area contributed by atoms with Crippen LogP contribution in [0.4, 0.5) is 5.82 Å². The molecule has 6 rings (SSSR count). The van der Waals surface area contributed by atoms with Gasteiger partial charge in [0, 0.05) is 22.7 Å². The van der Waals surface area contributed by atoms with Crippen molar-refractivity contribution in [1.29, 1.82) is 0 Å². The summed E-state index contributed by atoms with van der Waals surface area (Å²) in [7, 11) is 0. The van der Waals surface area contributed by atoms with E-state index in [0.717, 1.165) is 46.0 Å². The Kier molecular flexibility index (Phi) is 3.11. The Morgan fingerprint density at radius 1 is 1.00 bits per heavy atom. The van der Waals surface area contributed by atoms with Crippen molar-refractivity contribution in [3.63, 3.8) is 0 Å². The van der Waals surface area contributed by atoms with Crippen molar-refractivity contribution >= 4 is 27.8 Å². The fraction of sp³-hybridized carbons (Fsp3) is 0.136. The molecular formula is C22H18N6. The highest BCUT2D eigenvalue weighted by atomic mass is 15.3. The summed E-state index contributed by atoms with van der Waals surface area (Å²) >= 11 is 0. The second-order valence-corrected chi connectivity index (χ2v) is 7.36. The third kappa shape index (κ3) is 2.18. The van der Waals surface area contributed by atoms with Crippen molar-refractivity contribution in [2.75, 3.05) is 5.73 Å². The molecule has 0 aliphatic heterocycles. The molecule has 0 saturated heterocycles. The molecule has 3 heterocycles. The summed E-state index contributed by atoms with van der Waals surface area (Å²) in [5.74, 6) is 0.468. The van der Waals surface area contributed by atoms with E-state index in [0.29, 0.717) is 5.82 Å². The monoisotopic (exact) mass is 366 g/mol. The van der Waals surface area contributed by atoms with Crippen LogP contribution in [0.5, 0.6) is 0 Å². The zero-order chi connectivity index (χ0) is 18.7. The first-order chi connectivity index (χ1) is 13.8. The number of aromatic nitrogens is 5. The zero-order valence-electron chi connectivity index (χ0n) is 15.1. The average Bonchev–Trinajstić information content (AvgIpc) is 3.43. The minimum absolute atomic E-state index is 0.235. The van der Waals surface area contributed by atoms with E-state index < -0.39 is 0 Å². The normalized spacial score (nSPS) is 14.1. The summed E-state index contributed by atoms with van der Waals surface area (Å²) in [6.07, 6.45) is 5.37. The number of nitrogens with one attached hydrogen (secondary N) is 1. The Bertz CT molecular complexity index is 1320. The average molecular weight is 366 g/mol. The molecule has 6 nitrogen and oxygen atoms in total. The summed E-state index contributed by atoms with van der Waals surface area (Å²) in [6, 6.07) is 17.2. The summed E-state index contributed by atoms with van der Waals surface area (Å²) in [5.41, 5.74) is 12.8. The maximum Gasteiger partial charge on any atom is 0.164 e. The highest BCUT2D eigenvalue weighted by Gasteiger charge is 2.27. The van der Waals surface area contributed by atoms with E-state index >= 15 is 0 Å². The molecule has 0 radical (unpaired) electrons. The van der Waals surface area contributed by atoms with Gasteiger partial charge in [0.1, 0.15) is 17.8 Å². The smallest absolute Gasteiger partial charge is 0.164 e. The number of nitrogens with zero attached hydrogens (tertiary/aromatic N) is 4. The standard InChI is InChI=1S/C22H18N6/c23-21-19-20(16-5-6-18-15(9-16)7-8-24-18)27-28(22(19)26-12-25-21)17-10-13-3-1-2-4-14(13)11-17/h1-9,12,17,24H,10-11H2,(H2,23,25,26). The van der Waals surface area contributed by atoms with Gasteiger partial charge in [0.15, 0.2) is 5.65 Å². The molecule has 0 bridgehead atoms. The minimum Gasteiger partial charge on any atom is -0.383 e. The van der Waals surface area contributed by atoms with E-state index in [4.69, 9.17) is 10.8 Å². The first-order valence-electron chi connectivity index (χ1n) is 9.41. The van der Waals surface area contributed by atoms with Gasteiger partial charge in [-0.25, -0.2) is 14.6 Å². The predicted octanol–water partition coefficient (Wildman–Crippen LogP) is 3.90. The highest BCUT2D eigenvalue weighted by Crippen LogP contribution is 2.36. The number of hydrogen-bond donors (Lipinski definition) is 2. The lowest BCUT2D eigenvalue weighted by Gasteiger charge is -2.10. The Morgan fingerprint density at radius 3 is 2.64 bits per heavy atom. The van der Waals surface area contributed by atoms with E-state index in [1.54, 1.807) is 0 Å². The molecule has 1 aliphatic rings. The number of nitrogens with two attached hydrogens (primary N) is 1. The summed E-state index contributed by atoms with van der Waals surface area (Å²) in [4.78, 5) is 12.0. The molecule has 0 unspecified atom stereocenters. The van der Waals surface area contributed by atoms with Crippen LogP contribution in [-0.2, 0) is 12.8 Å². The van der Waals surface area contributed by atoms with E-state index in [9.17, 15) is 0 Å². The zero-order valence-corrected chi connectivity index (χ0v) is 15.1. The largest absolute Gasteiger partial charge is 0.383 e. The van der Waals surface area contributed by atoms with Crippen molar-refractivity contribution in [2.24, 2.45) is 0 Å². The van der Waals surface area contributed by atoms with Gasteiger partial charge in [-0.1, -0.05) is 30.3 Å². The number of aromatic amines is 1. The molecule has 0 fully saturated rings. The maximum atomic E-state index is 6.27. The quantitative estimate of drug-likeness (QED) is 0.496. The van der Waals surface area contributed by atoms with Crippen LogP contribution in [-0.4, -0.2) is 24.7 Å². The lowest BCUT2D eigenvalue weighted by Crippen LogP contribution is -2.11. The van der Waals surface area contributed by atoms with Gasteiger partial charge in [0.2, 0.25) is 0 Å². The number of hydrogen-bond acceptors (Lipinski definition) is 4. The van der Waals surface area contributed by atoms with E-state index in [1.807, 2.05) is 10.9 Å². The Labute approximate surface area is 161 Å². The van der Waals surface area contributed by atoms with Crippen molar-refractivity contribution < 1.29 is 0 Å². The van der Waals surface area contributed by atoms with Gasteiger partial charge in [-0.15, -0.1) is 0 Å². The molecule has 0 saturated carbocycles. The fourth-order valence-corrected chi connectivity index (χ4v) is 4.36. The third-order valence-electron chi connectivity index (χ3n) is 5.72. The van der Waals surface area contributed by atoms with E-state index in [-0.39, 0.29) is 6.04 Å². The molecule has 28 heavy (non-hydrogen) atoms. The minimum atomic E-state index is 0.235. The molecular weight excluding hydrogens is 348 g/mol. The first kappa shape index (κ1) is 15.4. The number of benzene rings is 2. The summed E-state index contributed by atoms with van der Waals surface area (Å²) < 4.78 is 2.05. The third-order valence-corrected chi connectivity index (χ3v) is 5.72. The van der Waals surface area contributed by atoms with Crippen LogP contribution in [0.1, 0.15) is 17.2 Å². The summed E-state index contributed by atoms with van der Waals surface area (Å²) in [6.45, 7) is 0.